The number of carboxylic acids is 1. The number of carboxylic acid groups (broad SMARTS) is 1. The number of nitrogens with zero attached hydrogens (tertiary/aromatic N) is 2. The van der Waals surface area contributed by atoms with Crippen molar-refractivity contribution in [2.24, 2.45) is 0 Å². The Morgan fingerprint density at radius 1 is 1.32 bits per heavy atom. The maximum Gasteiger partial charge on any atom is 0.323 e. The first-order valence-corrected chi connectivity index (χ1v) is 8.10. The predicted octanol–water partition coefficient (Wildman–Crippen LogP) is 3.50. The van der Waals surface area contributed by atoms with E-state index in [9.17, 15) is 9.59 Å². The minimum atomic E-state index is -1.11. The summed E-state index contributed by atoms with van der Waals surface area (Å²) >= 11 is 12.0. The fourth-order valence-corrected chi connectivity index (χ4v) is 2.53. The Morgan fingerprint density at radius 2 is 1.96 bits per heavy atom. The van der Waals surface area contributed by atoms with Gasteiger partial charge in [0, 0.05) is 12.1 Å². The maximum absolute atomic E-state index is 12.4. The third-order valence-electron chi connectivity index (χ3n) is 3.25. The lowest BCUT2D eigenvalue weighted by molar-refractivity contribution is -0.138. The van der Waals surface area contributed by atoms with Crippen LogP contribution in [0.3, 0.4) is 0 Å². The second-order valence-corrected chi connectivity index (χ2v) is 6.25. The van der Waals surface area contributed by atoms with Gasteiger partial charge in [-0.1, -0.05) is 34.4 Å². The van der Waals surface area contributed by atoms with Crippen LogP contribution in [-0.4, -0.2) is 39.6 Å². The summed E-state index contributed by atoms with van der Waals surface area (Å²) in [6.45, 7) is 2.96. The van der Waals surface area contributed by atoms with Crippen LogP contribution in [0, 0.1) is 0 Å². The summed E-state index contributed by atoms with van der Waals surface area (Å²) in [6.07, 6.45) is 0. The highest BCUT2D eigenvalue weighted by Gasteiger charge is 2.24. The lowest BCUT2D eigenvalue weighted by Gasteiger charge is -2.23. The molecule has 0 spiro atoms. The summed E-state index contributed by atoms with van der Waals surface area (Å²) in [5, 5.41) is 13.3. The number of rotatable bonds is 7. The molecule has 0 saturated carbocycles. The molecule has 2 aromatic rings. The smallest absolute Gasteiger partial charge is 0.323 e. The number of ether oxygens (including phenoxy) is 1. The van der Waals surface area contributed by atoms with Crippen molar-refractivity contribution in [3.8, 4) is 5.75 Å². The zero-order valence-electron chi connectivity index (χ0n) is 13.5. The third kappa shape index (κ3) is 4.87. The van der Waals surface area contributed by atoms with Crippen LogP contribution in [0.4, 0.5) is 0 Å². The van der Waals surface area contributed by atoms with Gasteiger partial charge in [-0.2, -0.15) is 0 Å². The van der Waals surface area contributed by atoms with E-state index in [0.717, 1.165) is 0 Å². The molecule has 1 aromatic heterocycles. The first-order valence-electron chi connectivity index (χ1n) is 7.34. The van der Waals surface area contributed by atoms with Gasteiger partial charge in [-0.3, -0.25) is 9.59 Å². The summed E-state index contributed by atoms with van der Waals surface area (Å²) in [5.74, 6) is -1.08. The van der Waals surface area contributed by atoms with Gasteiger partial charge in [0.15, 0.2) is 17.2 Å². The molecular weight excluding hydrogens is 371 g/mol. The van der Waals surface area contributed by atoms with Gasteiger partial charge >= 0.3 is 5.97 Å². The number of hydrogen-bond acceptors (Lipinski definition) is 5. The van der Waals surface area contributed by atoms with Crippen LogP contribution in [0.1, 0.15) is 30.1 Å². The highest BCUT2D eigenvalue weighted by atomic mass is 35.5. The molecule has 0 atom stereocenters. The van der Waals surface area contributed by atoms with Crippen molar-refractivity contribution in [1.82, 2.24) is 10.1 Å². The second-order valence-electron chi connectivity index (χ2n) is 5.44. The summed E-state index contributed by atoms with van der Waals surface area (Å²) in [5.41, 5.74) is -0.00111. The zero-order chi connectivity index (χ0) is 18.6. The molecule has 0 bridgehead atoms. The molecular formula is C16H16Cl2N2O5. The van der Waals surface area contributed by atoms with Gasteiger partial charge in [-0.15, -0.1) is 0 Å². The minimum absolute atomic E-state index is 0.00111. The van der Waals surface area contributed by atoms with Crippen LogP contribution < -0.4 is 4.74 Å². The van der Waals surface area contributed by atoms with Crippen molar-refractivity contribution in [2.45, 2.75) is 26.5 Å². The van der Waals surface area contributed by atoms with Crippen LogP contribution in [0.25, 0.3) is 0 Å². The fourth-order valence-electron chi connectivity index (χ4n) is 2.03. The van der Waals surface area contributed by atoms with Crippen LogP contribution in [0.15, 0.2) is 28.8 Å². The lowest BCUT2D eigenvalue weighted by Crippen LogP contribution is -2.40. The quantitative estimate of drug-likeness (QED) is 0.782. The van der Waals surface area contributed by atoms with Crippen molar-refractivity contribution in [1.29, 1.82) is 0 Å². The summed E-state index contributed by atoms with van der Waals surface area (Å²) < 4.78 is 10.6. The van der Waals surface area contributed by atoms with Gasteiger partial charge in [0.2, 0.25) is 0 Å². The lowest BCUT2D eigenvalue weighted by atomic mass is 10.2. The molecule has 25 heavy (non-hydrogen) atoms. The molecule has 0 aliphatic heterocycles. The minimum Gasteiger partial charge on any atom is -0.482 e. The molecule has 7 nitrogen and oxygen atoms in total. The molecule has 2 rings (SSSR count). The highest BCUT2D eigenvalue weighted by molar-refractivity contribution is 6.37. The van der Waals surface area contributed by atoms with Crippen molar-refractivity contribution in [3.63, 3.8) is 0 Å². The van der Waals surface area contributed by atoms with Gasteiger partial charge in [-0.25, -0.2) is 0 Å². The molecule has 0 aliphatic carbocycles. The third-order valence-corrected chi connectivity index (χ3v) is 3.84. The standard InChI is InChI=1S/C16H16Cl2N2O5/c1-9(2)20(7-14(21)22)16(23)13-6-10(25-19-13)8-24-15-11(17)4-3-5-12(15)18/h3-6,9H,7-8H2,1-2H3,(H,21,22). The zero-order valence-corrected chi connectivity index (χ0v) is 15.0. The first-order chi connectivity index (χ1) is 11.8. The SMILES string of the molecule is CC(C)N(CC(=O)O)C(=O)c1cc(COc2c(Cl)cccc2Cl)on1. The molecule has 1 N–H and O–H groups in total. The van der Waals surface area contributed by atoms with Crippen LogP contribution in [0.5, 0.6) is 5.75 Å². The number of hydrogen-bond donors (Lipinski definition) is 1. The van der Waals surface area contributed by atoms with Gasteiger partial charge in [0.25, 0.3) is 5.91 Å². The van der Waals surface area contributed by atoms with E-state index in [-0.39, 0.29) is 24.1 Å². The first kappa shape index (κ1) is 19.1. The maximum atomic E-state index is 12.4. The Labute approximate surface area is 154 Å². The van der Waals surface area contributed by atoms with Crippen molar-refractivity contribution >= 4 is 35.1 Å². The molecule has 1 amide bonds. The number of para-hydroxylation sites is 1. The van der Waals surface area contributed by atoms with E-state index in [0.29, 0.717) is 15.8 Å². The summed E-state index contributed by atoms with van der Waals surface area (Å²) in [4.78, 5) is 24.4. The Bertz CT molecular complexity index is 755. The number of carbonyl (C=O) groups excluding carboxylic acids is 1. The van der Waals surface area contributed by atoms with Crippen molar-refractivity contribution < 1.29 is 24.0 Å². The molecule has 1 aromatic carbocycles. The van der Waals surface area contributed by atoms with Crippen LogP contribution >= 0.6 is 23.2 Å². The molecule has 0 saturated heterocycles. The fraction of sp³-hybridized carbons (Fsp3) is 0.312. The summed E-state index contributed by atoms with van der Waals surface area (Å²) in [7, 11) is 0. The van der Waals surface area contributed by atoms with E-state index in [1.54, 1.807) is 32.0 Å². The van der Waals surface area contributed by atoms with E-state index in [2.05, 4.69) is 5.16 Å². The van der Waals surface area contributed by atoms with Crippen LogP contribution in [0.2, 0.25) is 10.0 Å². The van der Waals surface area contributed by atoms with Crippen molar-refractivity contribution in [3.05, 3.63) is 45.8 Å². The van der Waals surface area contributed by atoms with Gasteiger partial charge in [-0.05, 0) is 26.0 Å². The molecule has 0 unspecified atom stereocenters. The second kappa shape index (κ2) is 8.22. The average Bonchev–Trinajstić information content (AvgIpc) is 3.00. The number of aromatic nitrogens is 1. The largest absolute Gasteiger partial charge is 0.482 e. The Morgan fingerprint density at radius 3 is 2.52 bits per heavy atom. The molecule has 0 fully saturated rings. The summed E-state index contributed by atoms with van der Waals surface area (Å²) in [6, 6.07) is 6.03. The van der Waals surface area contributed by atoms with Gasteiger partial charge < -0.3 is 19.3 Å². The van der Waals surface area contributed by atoms with E-state index >= 15 is 0 Å². The number of benzene rings is 1. The number of aliphatic carboxylic acids is 1. The molecule has 0 radical (unpaired) electrons. The Balaban J connectivity index is 2.08. The Hall–Kier alpha value is -2.25. The average molecular weight is 387 g/mol. The van der Waals surface area contributed by atoms with Gasteiger partial charge in [0.05, 0.1) is 10.0 Å². The number of amides is 1. The Kier molecular flexibility index (Phi) is 6.27. The number of carbonyl (C=O) groups is 2. The molecule has 9 heteroatoms. The predicted molar refractivity (Wildman–Crippen MR) is 91.1 cm³/mol. The topological polar surface area (TPSA) is 92.9 Å². The normalized spacial score (nSPS) is 10.8. The highest BCUT2D eigenvalue weighted by Crippen LogP contribution is 2.32. The molecule has 0 aliphatic rings. The van der Waals surface area contributed by atoms with E-state index in [4.69, 9.17) is 37.6 Å². The van der Waals surface area contributed by atoms with E-state index < -0.39 is 18.4 Å². The van der Waals surface area contributed by atoms with Gasteiger partial charge in [0.1, 0.15) is 13.2 Å². The van der Waals surface area contributed by atoms with Crippen molar-refractivity contribution in [2.75, 3.05) is 6.54 Å². The van der Waals surface area contributed by atoms with E-state index in [1.807, 2.05) is 0 Å². The molecule has 1 heterocycles. The number of halogens is 2. The molecule has 134 valence electrons. The van der Waals surface area contributed by atoms with Crippen LogP contribution in [-0.2, 0) is 11.4 Å². The van der Waals surface area contributed by atoms with E-state index in [1.165, 1.54) is 11.0 Å². The monoisotopic (exact) mass is 386 g/mol.